The number of fused-ring (bicyclic) bond motifs is 1. The number of nitrogens with one attached hydrogen (secondary N) is 1. The van der Waals surface area contributed by atoms with E-state index in [1.165, 1.54) is 0 Å². The molecule has 4 rings (SSSR count). The fourth-order valence-corrected chi connectivity index (χ4v) is 4.08. The Morgan fingerprint density at radius 2 is 1.92 bits per heavy atom. The van der Waals surface area contributed by atoms with Crippen molar-refractivity contribution < 1.29 is 4.79 Å². The predicted molar refractivity (Wildman–Crippen MR) is 102 cm³/mol. The van der Waals surface area contributed by atoms with Gasteiger partial charge in [-0.05, 0) is 34.4 Å². The minimum Gasteiger partial charge on any atom is -0.326 e. The van der Waals surface area contributed by atoms with Crippen LogP contribution < -0.4 is 5.32 Å². The van der Waals surface area contributed by atoms with Crippen molar-refractivity contribution in [2.24, 2.45) is 0 Å². The number of hydrogen-bond donors (Lipinski definition) is 1. The van der Waals surface area contributed by atoms with Crippen LogP contribution in [0.15, 0.2) is 64.7 Å². The Kier molecular flexibility index (Phi) is 4.11. The molecule has 2 heterocycles. The van der Waals surface area contributed by atoms with Crippen molar-refractivity contribution in [2.45, 2.75) is 6.42 Å². The Morgan fingerprint density at radius 1 is 1.04 bits per heavy atom. The third-order valence-electron chi connectivity index (χ3n) is 3.69. The molecule has 4 aromatic rings. The largest absolute Gasteiger partial charge is 0.326 e. The molecule has 0 aliphatic rings. The van der Waals surface area contributed by atoms with Crippen LogP contribution in [0, 0.1) is 0 Å². The summed E-state index contributed by atoms with van der Waals surface area (Å²) in [7, 11) is 0. The van der Waals surface area contributed by atoms with Crippen molar-refractivity contribution in [3.8, 4) is 10.6 Å². The molecule has 24 heavy (non-hydrogen) atoms. The Balaban J connectivity index is 1.46. The monoisotopic (exact) mass is 350 g/mol. The smallest absolute Gasteiger partial charge is 0.230 e. The first-order valence-electron chi connectivity index (χ1n) is 7.53. The van der Waals surface area contributed by atoms with E-state index in [4.69, 9.17) is 0 Å². The maximum Gasteiger partial charge on any atom is 0.230 e. The summed E-state index contributed by atoms with van der Waals surface area (Å²) in [5, 5.41) is 12.2. The maximum absolute atomic E-state index is 12.3. The molecule has 1 amide bonds. The van der Waals surface area contributed by atoms with Crippen LogP contribution in [0.25, 0.3) is 21.3 Å². The van der Waals surface area contributed by atoms with Crippen LogP contribution in [-0.2, 0) is 11.2 Å². The lowest BCUT2D eigenvalue weighted by Crippen LogP contribution is -2.14. The highest BCUT2D eigenvalue weighted by Crippen LogP contribution is 2.26. The van der Waals surface area contributed by atoms with E-state index in [9.17, 15) is 4.79 Å². The van der Waals surface area contributed by atoms with Gasteiger partial charge in [0.15, 0.2) is 0 Å². The predicted octanol–water partition coefficient (Wildman–Crippen LogP) is 5.21. The van der Waals surface area contributed by atoms with E-state index in [-0.39, 0.29) is 12.3 Å². The molecule has 0 aliphatic carbocycles. The molecule has 2 aromatic carbocycles. The van der Waals surface area contributed by atoms with Crippen molar-refractivity contribution in [3.63, 3.8) is 0 Å². The van der Waals surface area contributed by atoms with Crippen molar-refractivity contribution in [2.75, 3.05) is 5.32 Å². The summed E-state index contributed by atoms with van der Waals surface area (Å²) in [6, 6.07) is 16.1. The lowest BCUT2D eigenvalue weighted by molar-refractivity contribution is -0.115. The highest BCUT2D eigenvalue weighted by Gasteiger charge is 2.10. The average molecular weight is 350 g/mol. The zero-order valence-corrected chi connectivity index (χ0v) is 14.4. The second-order valence-corrected chi connectivity index (χ2v) is 7.08. The standard InChI is InChI=1S/C19H14N2OS2/c22-18(10-17-12-24-19(21-17)15-7-8-23-11-15)20-16-6-5-13-3-1-2-4-14(13)9-16/h1-9,11-12H,10H2,(H,20,22). The highest BCUT2D eigenvalue weighted by molar-refractivity contribution is 7.14. The SMILES string of the molecule is O=C(Cc1csc(-c2ccsc2)n1)Nc1ccc2ccccc2c1. The average Bonchev–Trinajstić information content (AvgIpc) is 3.26. The Morgan fingerprint density at radius 3 is 2.75 bits per heavy atom. The van der Waals surface area contributed by atoms with Gasteiger partial charge in [-0.3, -0.25) is 4.79 Å². The van der Waals surface area contributed by atoms with Crippen molar-refractivity contribution in [3.05, 3.63) is 70.4 Å². The fourth-order valence-electron chi connectivity index (χ4n) is 2.54. The van der Waals surface area contributed by atoms with Gasteiger partial charge < -0.3 is 5.32 Å². The molecular weight excluding hydrogens is 336 g/mol. The number of benzene rings is 2. The molecule has 1 N–H and O–H groups in total. The van der Waals surface area contributed by atoms with Gasteiger partial charge in [0.25, 0.3) is 0 Å². The Bertz CT molecular complexity index is 989. The van der Waals surface area contributed by atoms with Gasteiger partial charge in [0.05, 0.1) is 12.1 Å². The second kappa shape index (κ2) is 6.55. The number of anilines is 1. The quantitative estimate of drug-likeness (QED) is 0.549. The molecule has 0 bridgehead atoms. The molecule has 0 aliphatic heterocycles. The topological polar surface area (TPSA) is 42.0 Å². The van der Waals surface area contributed by atoms with Crippen LogP contribution in [0.2, 0.25) is 0 Å². The molecule has 0 radical (unpaired) electrons. The van der Waals surface area contributed by atoms with Crippen LogP contribution in [0.4, 0.5) is 5.69 Å². The van der Waals surface area contributed by atoms with Gasteiger partial charge in [0.2, 0.25) is 5.91 Å². The third-order valence-corrected chi connectivity index (χ3v) is 5.32. The van der Waals surface area contributed by atoms with E-state index in [1.807, 2.05) is 53.2 Å². The summed E-state index contributed by atoms with van der Waals surface area (Å²) in [4.78, 5) is 16.8. The van der Waals surface area contributed by atoms with Crippen LogP contribution in [0.5, 0.6) is 0 Å². The van der Waals surface area contributed by atoms with Crippen LogP contribution in [-0.4, -0.2) is 10.9 Å². The Labute approximate surface area is 147 Å². The van der Waals surface area contributed by atoms with Gasteiger partial charge in [-0.15, -0.1) is 11.3 Å². The van der Waals surface area contributed by atoms with Gasteiger partial charge in [0, 0.05) is 22.0 Å². The maximum atomic E-state index is 12.3. The summed E-state index contributed by atoms with van der Waals surface area (Å²) in [5.41, 5.74) is 2.73. The zero-order chi connectivity index (χ0) is 16.4. The first kappa shape index (κ1) is 15.1. The number of thiazole rings is 1. The Hall–Kier alpha value is -2.50. The minimum atomic E-state index is -0.0487. The number of carbonyl (C=O) groups excluding carboxylic acids is 1. The molecule has 0 spiro atoms. The van der Waals surface area contributed by atoms with Crippen LogP contribution in [0.1, 0.15) is 5.69 Å². The molecule has 0 fully saturated rings. The summed E-state index contributed by atoms with van der Waals surface area (Å²) >= 11 is 3.22. The van der Waals surface area contributed by atoms with E-state index in [1.54, 1.807) is 22.7 Å². The number of rotatable bonds is 4. The number of thiophene rings is 1. The van der Waals surface area contributed by atoms with E-state index in [0.717, 1.165) is 32.7 Å². The minimum absolute atomic E-state index is 0.0487. The number of amides is 1. The van der Waals surface area contributed by atoms with Gasteiger partial charge in [-0.1, -0.05) is 30.3 Å². The van der Waals surface area contributed by atoms with E-state index in [2.05, 4.69) is 21.7 Å². The van der Waals surface area contributed by atoms with Crippen molar-refractivity contribution in [1.82, 2.24) is 4.98 Å². The molecule has 0 saturated carbocycles. The van der Waals surface area contributed by atoms with E-state index in [0.29, 0.717) is 0 Å². The normalized spacial score (nSPS) is 10.8. The summed E-state index contributed by atoms with van der Waals surface area (Å²) in [6.07, 6.45) is 0.285. The molecular formula is C19H14N2OS2. The van der Waals surface area contributed by atoms with Crippen molar-refractivity contribution >= 4 is 45.0 Å². The number of aromatic nitrogens is 1. The number of hydrogen-bond acceptors (Lipinski definition) is 4. The molecule has 0 saturated heterocycles. The third kappa shape index (κ3) is 3.22. The first-order valence-corrected chi connectivity index (χ1v) is 9.36. The van der Waals surface area contributed by atoms with Gasteiger partial charge in [0.1, 0.15) is 5.01 Å². The van der Waals surface area contributed by atoms with Gasteiger partial charge in [-0.2, -0.15) is 11.3 Å². The molecule has 0 unspecified atom stereocenters. The number of nitrogens with zero attached hydrogens (tertiary/aromatic N) is 1. The van der Waals surface area contributed by atoms with Crippen LogP contribution in [0.3, 0.4) is 0 Å². The molecule has 0 atom stereocenters. The molecule has 3 nitrogen and oxygen atoms in total. The molecule has 5 heteroatoms. The van der Waals surface area contributed by atoms with E-state index >= 15 is 0 Å². The summed E-state index contributed by atoms with van der Waals surface area (Å²) in [6.45, 7) is 0. The van der Waals surface area contributed by atoms with E-state index < -0.39 is 0 Å². The van der Waals surface area contributed by atoms with Crippen LogP contribution >= 0.6 is 22.7 Å². The zero-order valence-electron chi connectivity index (χ0n) is 12.7. The highest BCUT2D eigenvalue weighted by atomic mass is 32.1. The van der Waals surface area contributed by atoms with Crippen molar-refractivity contribution in [1.29, 1.82) is 0 Å². The molecule has 118 valence electrons. The fraction of sp³-hybridized carbons (Fsp3) is 0.0526. The number of carbonyl (C=O) groups is 1. The second-order valence-electron chi connectivity index (χ2n) is 5.44. The lowest BCUT2D eigenvalue weighted by Gasteiger charge is -2.05. The first-order chi connectivity index (χ1) is 11.8. The summed E-state index contributed by atoms with van der Waals surface area (Å²) in [5.74, 6) is -0.0487. The van der Waals surface area contributed by atoms with Gasteiger partial charge in [-0.25, -0.2) is 4.98 Å². The lowest BCUT2D eigenvalue weighted by atomic mass is 10.1. The van der Waals surface area contributed by atoms with Gasteiger partial charge >= 0.3 is 0 Å². The molecule has 2 aromatic heterocycles. The summed E-state index contributed by atoms with van der Waals surface area (Å²) < 4.78 is 0.